The van der Waals surface area contributed by atoms with E-state index in [0.717, 1.165) is 17.9 Å². The van der Waals surface area contributed by atoms with Crippen LogP contribution in [-0.4, -0.2) is 11.1 Å². The van der Waals surface area contributed by atoms with E-state index in [1.165, 1.54) is 37.7 Å². The lowest BCUT2D eigenvalue weighted by Crippen LogP contribution is -2.16. The van der Waals surface area contributed by atoms with Crippen LogP contribution in [0.2, 0.25) is 0 Å². The van der Waals surface area contributed by atoms with Gasteiger partial charge in [0, 0.05) is 12.5 Å². The molecule has 1 aromatic rings. The van der Waals surface area contributed by atoms with E-state index < -0.39 is 5.97 Å². The molecular weight excluding hydrogens is 262 g/mol. The molecule has 0 heterocycles. The van der Waals surface area contributed by atoms with Gasteiger partial charge in [0.15, 0.2) is 0 Å². The van der Waals surface area contributed by atoms with Gasteiger partial charge in [-0.1, -0.05) is 50.5 Å². The van der Waals surface area contributed by atoms with Crippen molar-refractivity contribution in [3.63, 3.8) is 0 Å². The van der Waals surface area contributed by atoms with Crippen molar-refractivity contribution < 1.29 is 9.90 Å². The van der Waals surface area contributed by atoms with Gasteiger partial charge < -0.3 is 10.8 Å². The second-order valence-corrected chi connectivity index (χ2v) is 6.55. The van der Waals surface area contributed by atoms with Crippen LogP contribution in [0, 0.1) is 5.92 Å². The Balaban J connectivity index is 1.92. The van der Waals surface area contributed by atoms with E-state index in [1.54, 1.807) is 0 Å². The van der Waals surface area contributed by atoms with Crippen molar-refractivity contribution in [2.24, 2.45) is 11.7 Å². The number of carbonyl (C=O) groups is 1. The maximum atomic E-state index is 10.7. The third-order valence-corrected chi connectivity index (χ3v) is 4.62. The van der Waals surface area contributed by atoms with Crippen molar-refractivity contribution in [3.8, 4) is 0 Å². The number of aliphatic carboxylic acids is 1. The largest absolute Gasteiger partial charge is 0.481 e. The highest BCUT2D eigenvalue weighted by Crippen LogP contribution is 2.33. The SMILES string of the molecule is CC(CC(=O)O)CC(N)c1ccc(C2CCCCC2)cc1. The molecule has 0 bridgehead atoms. The minimum atomic E-state index is -0.748. The molecule has 2 unspecified atom stereocenters. The first kappa shape index (κ1) is 16.0. The van der Waals surface area contributed by atoms with E-state index in [4.69, 9.17) is 10.8 Å². The maximum Gasteiger partial charge on any atom is 0.303 e. The van der Waals surface area contributed by atoms with Crippen LogP contribution < -0.4 is 5.73 Å². The molecular formula is C18H27NO2. The van der Waals surface area contributed by atoms with Crippen LogP contribution in [0.1, 0.15) is 75.0 Å². The molecule has 1 saturated carbocycles. The number of benzene rings is 1. The smallest absolute Gasteiger partial charge is 0.303 e. The Morgan fingerprint density at radius 2 is 1.86 bits per heavy atom. The highest BCUT2D eigenvalue weighted by molar-refractivity contribution is 5.66. The molecule has 1 aliphatic carbocycles. The predicted octanol–water partition coefficient (Wildman–Crippen LogP) is 4.24. The minimum Gasteiger partial charge on any atom is -0.481 e. The van der Waals surface area contributed by atoms with Crippen molar-refractivity contribution in [2.75, 3.05) is 0 Å². The highest BCUT2D eigenvalue weighted by atomic mass is 16.4. The first-order chi connectivity index (χ1) is 10.1. The predicted molar refractivity (Wildman–Crippen MR) is 85.2 cm³/mol. The number of carboxylic acid groups (broad SMARTS) is 1. The third-order valence-electron chi connectivity index (χ3n) is 4.62. The second kappa shape index (κ2) is 7.60. The molecule has 0 aliphatic heterocycles. The van der Waals surface area contributed by atoms with Crippen molar-refractivity contribution in [3.05, 3.63) is 35.4 Å². The minimum absolute atomic E-state index is 0.0697. The number of hydrogen-bond acceptors (Lipinski definition) is 2. The van der Waals surface area contributed by atoms with E-state index in [1.807, 2.05) is 6.92 Å². The summed E-state index contributed by atoms with van der Waals surface area (Å²) < 4.78 is 0. The number of carboxylic acids is 1. The zero-order valence-corrected chi connectivity index (χ0v) is 12.9. The van der Waals surface area contributed by atoms with Crippen LogP contribution in [0.15, 0.2) is 24.3 Å². The summed E-state index contributed by atoms with van der Waals surface area (Å²) in [5.74, 6) is 0.0767. The summed E-state index contributed by atoms with van der Waals surface area (Å²) in [4.78, 5) is 10.7. The van der Waals surface area contributed by atoms with Crippen LogP contribution >= 0.6 is 0 Å². The summed E-state index contributed by atoms with van der Waals surface area (Å²) in [6.45, 7) is 1.95. The standard InChI is InChI=1S/C18H27NO2/c1-13(12-18(20)21)11-17(19)16-9-7-15(8-10-16)14-5-3-2-4-6-14/h7-10,13-14,17H,2-6,11-12,19H2,1H3,(H,20,21). The molecule has 1 aliphatic rings. The average molecular weight is 289 g/mol. The van der Waals surface area contributed by atoms with Crippen LogP contribution in [-0.2, 0) is 4.79 Å². The van der Waals surface area contributed by atoms with Gasteiger partial charge in [-0.3, -0.25) is 4.79 Å². The van der Waals surface area contributed by atoms with Gasteiger partial charge in [-0.2, -0.15) is 0 Å². The first-order valence-corrected chi connectivity index (χ1v) is 8.13. The molecule has 0 spiro atoms. The number of rotatable bonds is 6. The van der Waals surface area contributed by atoms with E-state index in [-0.39, 0.29) is 18.4 Å². The van der Waals surface area contributed by atoms with E-state index in [9.17, 15) is 4.79 Å². The Bertz CT molecular complexity index is 449. The van der Waals surface area contributed by atoms with E-state index in [2.05, 4.69) is 24.3 Å². The fourth-order valence-corrected chi connectivity index (χ4v) is 3.40. The molecule has 3 nitrogen and oxygen atoms in total. The zero-order chi connectivity index (χ0) is 15.2. The molecule has 0 amide bonds. The molecule has 1 aromatic carbocycles. The van der Waals surface area contributed by atoms with Gasteiger partial charge in [-0.15, -0.1) is 0 Å². The molecule has 116 valence electrons. The summed E-state index contributed by atoms with van der Waals surface area (Å²) in [6, 6.07) is 8.62. The molecule has 2 rings (SSSR count). The molecule has 3 heteroatoms. The Labute approximate surface area is 127 Å². The van der Waals surface area contributed by atoms with Crippen molar-refractivity contribution in [2.45, 2.75) is 63.8 Å². The van der Waals surface area contributed by atoms with Gasteiger partial charge in [0.25, 0.3) is 0 Å². The third kappa shape index (κ3) is 4.85. The van der Waals surface area contributed by atoms with Crippen molar-refractivity contribution in [1.29, 1.82) is 0 Å². The lowest BCUT2D eigenvalue weighted by atomic mass is 9.83. The lowest BCUT2D eigenvalue weighted by molar-refractivity contribution is -0.138. The average Bonchev–Trinajstić information content (AvgIpc) is 2.47. The Hall–Kier alpha value is -1.35. The molecule has 2 atom stereocenters. The fourth-order valence-electron chi connectivity index (χ4n) is 3.40. The topological polar surface area (TPSA) is 63.3 Å². The summed E-state index contributed by atoms with van der Waals surface area (Å²) in [6.07, 6.45) is 7.59. The monoisotopic (exact) mass is 289 g/mol. The molecule has 1 fully saturated rings. The Morgan fingerprint density at radius 1 is 1.24 bits per heavy atom. The highest BCUT2D eigenvalue weighted by Gasteiger charge is 2.17. The maximum absolute atomic E-state index is 10.7. The van der Waals surface area contributed by atoms with Gasteiger partial charge in [0.05, 0.1) is 0 Å². The van der Waals surface area contributed by atoms with Gasteiger partial charge in [-0.05, 0) is 42.2 Å². The molecule has 0 aromatic heterocycles. The van der Waals surface area contributed by atoms with Gasteiger partial charge in [-0.25, -0.2) is 0 Å². The summed E-state index contributed by atoms with van der Waals surface area (Å²) in [5, 5.41) is 8.81. The zero-order valence-electron chi connectivity index (χ0n) is 12.9. The summed E-state index contributed by atoms with van der Waals surface area (Å²) in [5.41, 5.74) is 8.76. The summed E-state index contributed by atoms with van der Waals surface area (Å²) >= 11 is 0. The normalized spacial score (nSPS) is 19.1. The van der Waals surface area contributed by atoms with Crippen molar-refractivity contribution in [1.82, 2.24) is 0 Å². The Morgan fingerprint density at radius 3 is 2.43 bits per heavy atom. The molecule has 0 radical (unpaired) electrons. The van der Waals surface area contributed by atoms with Gasteiger partial charge in [0.1, 0.15) is 0 Å². The number of hydrogen-bond donors (Lipinski definition) is 2. The van der Waals surface area contributed by atoms with Crippen LogP contribution in [0.25, 0.3) is 0 Å². The summed E-state index contributed by atoms with van der Waals surface area (Å²) in [7, 11) is 0. The van der Waals surface area contributed by atoms with Crippen LogP contribution in [0.4, 0.5) is 0 Å². The lowest BCUT2D eigenvalue weighted by Gasteiger charge is -2.23. The fraction of sp³-hybridized carbons (Fsp3) is 0.611. The first-order valence-electron chi connectivity index (χ1n) is 8.13. The van der Waals surface area contributed by atoms with Crippen molar-refractivity contribution >= 4 is 5.97 Å². The van der Waals surface area contributed by atoms with E-state index >= 15 is 0 Å². The molecule has 21 heavy (non-hydrogen) atoms. The van der Waals surface area contributed by atoms with E-state index in [0.29, 0.717) is 0 Å². The quantitative estimate of drug-likeness (QED) is 0.823. The van der Waals surface area contributed by atoms with Crippen LogP contribution in [0.3, 0.4) is 0 Å². The van der Waals surface area contributed by atoms with Gasteiger partial charge in [0.2, 0.25) is 0 Å². The molecule has 3 N–H and O–H groups in total. The molecule has 0 saturated heterocycles. The second-order valence-electron chi connectivity index (χ2n) is 6.55. The van der Waals surface area contributed by atoms with Crippen LogP contribution in [0.5, 0.6) is 0 Å². The number of nitrogens with two attached hydrogens (primary N) is 1. The Kier molecular flexibility index (Phi) is 5.80. The van der Waals surface area contributed by atoms with Gasteiger partial charge >= 0.3 is 5.97 Å².